The summed E-state index contributed by atoms with van der Waals surface area (Å²) in [6, 6.07) is 8.90. The van der Waals surface area contributed by atoms with E-state index in [1.165, 1.54) is 0 Å². The van der Waals surface area contributed by atoms with Crippen molar-refractivity contribution in [1.82, 2.24) is 9.78 Å². The van der Waals surface area contributed by atoms with Gasteiger partial charge >= 0.3 is 0 Å². The monoisotopic (exact) mass is 349 g/mol. The van der Waals surface area contributed by atoms with Gasteiger partial charge < -0.3 is 9.47 Å². The number of aryl methyl sites for hydroxylation is 1. The predicted octanol–water partition coefficient (Wildman–Crippen LogP) is 5.01. The van der Waals surface area contributed by atoms with E-state index in [1.807, 2.05) is 37.3 Å². The van der Waals surface area contributed by atoms with Crippen LogP contribution in [0.3, 0.4) is 0 Å². The Morgan fingerprint density at radius 3 is 2.58 bits per heavy atom. The average Bonchev–Trinajstić information content (AvgIpc) is 3.01. The molecule has 0 aliphatic carbocycles. The molecular formula is C21H23N3O2. The van der Waals surface area contributed by atoms with E-state index in [9.17, 15) is 0 Å². The molecule has 0 radical (unpaired) electrons. The van der Waals surface area contributed by atoms with Crippen LogP contribution in [-0.2, 0) is 6.54 Å². The molecule has 0 bridgehead atoms. The fourth-order valence-corrected chi connectivity index (χ4v) is 2.10. The molecule has 0 fully saturated rings. The Labute approximate surface area is 155 Å². The summed E-state index contributed by atoms with van der Waals surface area (Å²) in [6.07, 6.45) is 20.1. The summed E-state index contributed by atoms with van der Waals surface area (Å²) in [4.78, 5) is 0. The molecule has 134 valence electrons. The van der Waals surface area contributed by atoms with Gasteiger partial charge in [-0.25, -0.2) is 4.68 Å². The van der Waals surface area contributed by atoms with E-state index in [-0.39, 0.29) is 0 Å². The standard InChI is InChI=1S/C19H21N3O2.C2H2/c1-3-4-5-6-7-10-13-22-19(14-16(2)21-22)24-18-12-9-8-11-17(18)23-15-20;1-2/h5-12,14H,3-4,13H2,1-2H3;1-2H/b6-5-,10-7-;. The molecular weight excluding hydrogens is 326 g/mol. The number of hydrogen-bond donors (Lipinski definition) is 0. The lowest BCUT2D eigenvalue weighted by atomic mass is 10.3. The highest BCUT2D eigenvalue weighted by Crippen LogP contribution is 2.31. The second kappa shape index (κ2) is 12.0. The molecule has 1 aromatic heterocycles. The number of para-hydroxylation sites is 2. The Morgan fingerprint density at radius 1 is 1.19 bits per heavy atom. The Bertz CT molecular complexity index is 795. The first-order valence-electron chi connectivity index (χ1n) is 8.27. The van der Waals surface area contributed by atoms with Gasteiger partial charge in [0, 0.05) is 6.07 Å². The first kappa shape index (κ1) is 20.6. The molecule has 0 unspecified atom stereocenters. The van der Waals surface area contributed by atoms with Gasteiger partial charge in [-0.15, -0.1) is 18.1 Å². The molecule has 0 aliphatic heterocycles. The number of benzene rings is 1. The van der Waals surface area contributed by atoms with E-state index in [2.05, 4.69) is 30.9 Å². The van der Waals surface area contributed by atoms with Crippen molar-refractivity contribution in [3.05, 3.63) is 60.3 Å². The highest BCUT2D eigenvalue weighted by atomic mass is 16.5. The molecule has 0 saturated heterocycles. The van der Waals surface area contributed by atoms with Gasteiger partial charge in [-0.3, -0.25) is 0 Å². The molecule has 0 amide bonds. The van der Waals surface area contributed by atoms with Crippen molar-refractivity contribution in [3.8, 4) is 36.5 Å². The molecule has 2 aromatic rings. The summed E-state index contributed by atoms with van der Waals surface area (Å²) < 4.78 is 12.6. The van der Waals surface area contributed by atoms with E-state index in [4.69, 9.17) is 14.7 Å². The van der Waals surface area contributed by atoms with Gasteiger partial charge in [0.25, 0.3) is 6.26 Å². The fourth-order valence-electron chi connectivity index (χ4n) is 2.10. The van der Waals surface area contributed by atoms with Crippen LogP contribution in [-0.4, -0.2) is 9.78 Å². The summed E-state index contributed by atoms with van der Waals surface area (Å²) >= 11 is 0. The number of aromatic nitrogens is 2. The lowest BCUT2D eigenvalue weighted by Crippen LogP contribution is -2.01. The minimum Gasteiger partial charge on any atom is -0.435 e. The molecule has 2 rings (SSSR count). The Balaban J connectivity index is 0.00000163. The van der Waals surface area contributed by atoms with Crippen molar-refractivity contribution >= 4 is 0 Å². The van der Waals surface area contributed by atoms with Gasteiger partial charge in [0.1, 0.15) is 0 Å². The third-order valence-electron chi connectivity index (χ3n) is 3.20. The second-order valence-corrected chi connectivity index (χ2v) is 5.19. The van der Waals surface area contributed by atoms with Gasteiger partial charge in [0.2, 0.25) is 5.88 Å². The van der Waals surface area contributed by atoms with Gasteiger partial charge in [-0.05, 0) is 25.5 Å². The predicted molar refractivity (Wildman–Crippen MR) is 103 cm³/mol. The minimum atomic E-state index is 0.378. The number of hydrogen-bond acceptors (Lipinski definition) is 4. The van der Waals surface area contributed by atoms with E-state index in [0.717, 1.165) is 18.5 Å². The Kier molecular flexibility index (Phi) is 9.51. The third-order valence-corrected chi connectivity index (χ3v) is 3.20. The van der Waals surface area contributed by atoms with Crippen molar-refractivity contribution in [2.45, 2.75) is 33.2 Å². The summed E-state index contributed by atoms with van der Waals surface area (Å²) in [5, 5.41) is 13.1. The Hall–Kier alpha value is -3.44. The van der Waals surface area contributed by atoms with Crippen LogP contribution in [0.2, 0.25) is 0 Å². The normalized spacial score (nSPS) is 10.3. The van der Waals surface area contributed by atoms with E-state index in [0.29, 0.717) is 23.9 Å². The first-order valence-corrected chi connectivity index (χ1v) is 8.27. The molecule has 0 N–H and O–H groups in total. The zero-order chi connectivity index (χ0) is 19.2. The molecule has 0 saturated carbocycles. The van der Waals surface area contributed by atoms with Gasteiger partial charge in [0.05, 0.1) is 12.2 Å². The lowest BCUT2D eigenvalue weighted by molar-refractivity contribution is 0.394. The molecule has 1 aromatic carbocycles. The summed E-state index contributed by atoms with van der Waals surface area (Å²) in [6.45, 7) is 4.66. The molecule has 5 nitrogen and oxygen atoms in total. The van der Waals surface area contributed by atoms with Crippen molar-refractivity contribution in [3.63, 3.8) is 0 Å². The van der Waals surface area contributed by atoms with Crippen LogP contribution in [0.1, 0.15) is 25.5 Å². The van der Waals surface area contributed by atoms with Crippen molar-refractivity contribution in [2.75, 3.05) is 0 Å². The van der Waals surface area contributed by atoms with E-state index >= 15 is 0 Å². The molecule has 0 atom stereocenters. The smallest absolute Gasteiger partial charge is 0.292 e. The highest BCUT2D eigenvalue weighted by molar-refractivity contribution is 5.42. The summed E-state index contributed by atoms with van der Waals surface area (Å²) in [5.41, 5.74) is 0.860. The molecule has 0 spiro atoms. The van der Waals surface area contributed by atoms with E-state index in [1.54, 1.807) is 29.1 Å². The SMILES string of the molecule is C#C.CCC/C=C\C=C/Cn1nc(C)cc1Oc1ccccc1OC#N. The van der Waals surface area contributed by atoms with Crippen molar-refractivity contribution in [1.29, 1.82) is 5.26 Å². The largest absolute Gasteiger partial charge is 0.435 e. The van der Waals surface area contributed by atoms with Gasteiger partial charge in [-0.2, -0.15) is 5.10 Å². The second-order valence-electron chi connectivity index (χ2n) is 5.19. The van der Waals surface area contributed by atoms with Crippen LogP contribution in [0.5, 0.6) is 17.4 Å². The van der Waals surface area contributed by atoms with Crippen LogP contribution in [0.4, 0.5) is 0 Å². The number of ether oxygens (including phenoxy) is 2. The molecule has 1 heterocycles. The number of nitriles is 1. The van der Waals surface area contributed by atoms with E-state index < -0.39 is 0 Å². The van der Waals surface area contributed by atoms with Crippen LogP contribution < -0.4 is 9.47 Å². The number of rotatable bonds is 8. The maximum Gasteiger partial charge on any atom is 0.292 e. The molecule has 26 heavy (non-hydrogen) atoms. The maximum absolute atomic E-state index is 8.71. The number of nitrogens with zero attached hydrogens (tertiary/aromatic N) is 3. The minimum absolute atomic E-state index is 0.378. The van der Waals surface area contributed by atoms with Crippen LogP contribution in [0.15, 0.2) is 54.6 Å². The highest BCUT2D eigenvalue weighted by Gasteiger charge is 2.10. The summed E-state index contributed by atoms with van der Waals surface area (Å²) in [7, 11) is 0. The van der Waals surface area contributed by atoms with Crippen LogP contribution in [0, 0.1) is 31.3 Å². The first-order chi connectivity index (χ1) is 12.7. The quantitative estimate of drug-likeness (QED) is 0.382. The van der Waals surface area contributed by atoms with Gasteiger partial charge in [-0.1, -0.05) is 49.8 Å². The van der Waals surface area contributed by atoms with Crippen LogP contribution in [0.25, 0.3) is 0 Å². The Morgan fingerprint density at radius 2 is 1.88 bits per heavy atom. The number of allylic oxidation sites excluding steroid dienone is 4. The van der Waals surface area contributed by atoms with Crippen molar-refractivity contribution in [2.24, 2.45) is 0 Å². The molecule has 0 aliphatic rings. The summed E-state index contributed by atoms with van der Waals surface area (Å²) in [5.74, 6) is 1.46. The average molecular weight is 349 g/mol. The van der Waals surface area contributed by atoms with Crippen molar-refractivity contribution < 1.29 is 9.47 Å². The fraction of sp³-hybridized carbons (Fsp3) is 0.238. The molecule has 5 heteroatoms. The lowest BCUT2D eigenvalue weighted by Gasteiger charge is -2.09. The number of unbranched alkanes of at least 4 members (excludes halogenated alkanes) is 1. The third kappa shape index (κ3) is 6.59. The zero-order valence-corrected chi connectivity index (χ0v) is 15.1. The zero-order valence-electron chi connectivity index (χ0n) is 15.1. The topological polar surface area (TPSA) is 60.1 Å². The van der Waals surface area contributed by atoms with Gasteiger partial charge in [0.15, 0.2) is 11.5 Å². The van der Waals surface area contributed by atoms with Crippen LogP contribution >= 0.6 is 0 Å². The maximum atomic E-state index is 8.71. The number of terminal acetylenes is 1.